The fourth-order valence-corrected chi connectivity index (χ4v) is 2.80. The summed E-state index contributed by atoms with van der Waals surface area (Å²) in [6.45, 7) is 1.80. The minimum absolute atomic E-state index is 0.281. The van der Waals surface area contributed by atoms with Crippen molar-refractivity contribution in [2.45, 2.75) is 19.4 Å². The van der Waals surface area contributed by atoms with Crippen LogP contribution in [0.3, 0.4) is 0 Å². The highest BCUT2D eigenvalue weighted by atomic mass is 19.1. The monoisotopic (exact) mass is 316 g/mol. The molecule has 1 atom stereocenters. The normalized spacial score (nSPS) is 18.8. The Morgan fingerprint density at radius 3 is 2.48 bits per heavy atom. The minimum Gasteiger partial charge on any atom is -0.411 e. The molecule has 0 bridgehead atoms. The number of hydrogen-bond donors (Lipinski definition) is 1. The third-order valence-corrected chi connectivity index (χ3v) is 3.89. The van der Waals surface area contributed by atoms with E-state index in [4.69, 9.17) is 5.21 Å². The average Bonchev–Trinajstić information content (AvgIpc) is 2.54. The standard InChI is InChI=1S/C17H14F2N2O2/c1-10-8-15(20-23)14-9-13(19)6-7-16(14)21(10)17(22)11-2-4-12(18)5-3-11/h2-7,9-10,23H,8H2,1H3/b20-15+. The summed E-state index contributed by atoms with van der Waals surface area (Å²) in [5.41, 5.74) is 1.50. The summed E-state index contributed by atoms with van der Waals surface area (Å²) in [7, 11) is 0. The Morgan fingerprint density at radius 2 is 1.83 bits per heavy atom. The van der Waals surface area contributed by atoms with E-state index < -0.39 is 11.6 Å². The van der Waals surface area contributed by atoms with Gasteiger partial charge in [-0.05, 0) is 49.4 Å². The number of halogens is 2. The van der Waals surface area contributed by atoms with Gasteiger partial charge in [0, 0.05) is 23.6 Å². The Labute approximate surface area is 131 Å². The van der Waals surface area contributed by atoms with Crippen LogP contribution >= 0.6 is 0 Å². The predicted octanol–water partition coefficient (Wildman–Crippen LogP) is 3.58. The number of amides is 1. The molecule has 3 rings (SSSR count). The summed E-state index contributed by atoms with van der Waals surface area (Å²) >= 11 is 0. The number of oxime groups is 1. The minimum atomic E-state index is -0.478. The highest BCUT2D eigenvalue weighted by Gasteiger charge is 2.32. The number of fused-ring (bicyclic) bond motifs is 1. The van der Waals surface area contributed by atoms with Crippen LogP contribution in [-0.4, -0.2) is 22.9 Å². The summed E-state index contributed by atoms with van der Waals surface area (Å²) < 4.78 is 26.6. The SMILES string of the molecule is CC1C/C(=N\O)c2cc(F)ccc2N1C(=O)c1ccc(F)cc1. The molecule has 1 aliphatic rings. The summed E-state index contributed by atoms with van der Waals surface area (Å²) in [6, 6.07) is 8.93. The lowest BCUT2D eigenvalue weighted by Crippen LogP contribution is -2.44. The van der Waals surface area contributed by atoms with Gasteiger partial charge in [-0.2, -0.15) is 0 Å². The highest BCUT2D eigenvalue weighted by molar-refractivity contribution is 6.15. The smallest absolute Gasteiger partial charge is 0.258 e. The van der Waals surface area contributed by atoms with Crippen LogP contribution in [0.25, 0.3) is 0 Å². The van der Waals surface area contributed by atoms with Crippen molar-refractivity contribution in [1.29, 1.82) is 0 Å². The summed E-state index contributed by atoms with van der Waals surface area (Å²) in [4.78, 5) is 14.3. The number of anilines is 1. The molecule has 0 fully saturated rings. The zero-order valence-electron chi connectivity index (χ0n) is 12.3. The van der Waals surface area contributed by atoms with Gasteiger partial charge in [0.15, 0.2) is 0 Å². The maximum Gasteiger partial charge on any atom is 0.258 e. The number of carbonyl (C=O) groups excluding carboxylic acids is 1. The van der Waals surface area contributed by atoms with E-state index in [1.807, 2.05) is 0 Å². The molecule has 6 heteroatoms. The van der Waals surface area contributed by atoms with Crippen LogP contribution in [0.5, 0.6) is 0 Å². The number of hydrogen-bond acceptors (Lipinski definition) is 3. The molecule has 0 aromatic heterocycles. The van der Waals surface area contributed by atoms with Gasteiger partial charge in [0.2, 0.25) is 0 Å². The van der Waals surface area contributed by atoms with Gasteiger partial charge in [0.1, 0.15) is 11.6 Å². The van der Waals surface area contributed by atoms with E-state index in [9.17, 15) is 13.6 Å². The summed E-state index contributed by atoms with van der Waals surface area (Å²) in [5.74, 6) is -1.22. The van der Waals surface area contributed by atoms with Crippen LogP contribution in [0.1, 0.15) is 29.3 Å². The molecule has 0 aliphatic carbocycles. The maximum absolute atomic E-state index is 13.5. The molecule has 4 nitrogen and oxygen atoms in total. The van der Waals surface area contributed by atoms with Gasteiger partial charge in [0.25, 0.3) is 5.91 Å². The highest BCUT2D eigenvalue weighted by Crippen LogP contribution is 2.33. The molecular formula is C17H14F2N2O2. The van der Waals surface area contributed by atoms with Gasteiger partial charge in [-0.25, -0.2) is 8.78 Å². The van der Waals surface area contributed by atoms with Crippen molar-refractivity contribution in [2.24, 2.45) is 5.16 Å². The third kappa shape index (κ3) is 2.67. The van der Waals surface area contributed by atoms with Crippen LogP contribution in [0.15, 0.2) is 47.6 Å². The molecular weight excluding hydrogens is 302 g/mol. The zero-order valence-corrected chi connectivity index (χ0v) is 12.3. The Balaban J connectivity index is 2.08. The second-order valence-electron chi connectivity index (χ2n) is 5.44. The van der Waals surface area contributed by atoms with E-state index in [0.29, 0.717) is 28.9 Å². The van der Waals surface area contributed by atoms with Crippen molar-refractivity contribution in [2.75, 3.05) is 4.90 Å². The molecule has 1 amide bonds. The van der Waals surface area contributed by atoms with Crippen molar-refractivity contribution in [3.63, 3.8) is 0 Å². The van der Waals surface area contributed by atoms with Gasteiger partial charge in [-0.15, -0.1) is 0 Å². The summed E-state index contributed by atoms with van der Waals surface area (Å²) in [6.07, 6.45) is 0.292. The van der Waals surface area contributed by atoms with Crippen LogP contribution in [-0.2, 0) is 0 Å². The third-order valence-electron chi connectivity index (χ3n) is 3.89. The lowest BCUT2D eigenvalue weighted by Gasteiger charge is -2.35. The van der Waals surface area contributed by atoms with Crippen LogP contribution < -0.4 is 4.90 Å². The van der Waals surface area contributed by atoms with Crippen molar-refractivity contribution >= 4 is 17.3 Å². The predicted molar refractivity (Wildman–Crippen MR) is 82.0 cm³/mol. The molecule has 0 saturated heterocycles. The van der Waals surface area contributed by atoms with E-state index in [1.54, 1.807) is 6.92 Å². The first-order chi connectivity index (χ1) is 11.0. The maximum atomic E-state index is 13.5. The number of rotatable bonds is 1. The first-order valence-electron chi connectivity index (χ1n) is 7.11. The molecule has 1 unspecified atom stereocenters. The van der Waals surface area contributed by atoms with E-state index in [0.717, 1.165) is 0 Å². The lowest BCUT2D eigenvalue weighted by molar-refractivity contribution is 0.0978. The second kappa shape index (κ2) is 5.79. The largest absolute Gasteiger partial charge is 0.411 e. The zero-order chi connectivity index (χ0) is 16.6. The van der Waals surface area contributed by atoms with E-state index in [2.05, 4.69) is 5.16 Å². The van der Waals surface area contributed by atoms with Crippen molar-refractivity contribution in [3.05, 3.63) is 65.2 Å². The van der Waals surface area contributed by atoms with Crippen molar-refractivity contribution < 1.29 is 18.8 Å². The number of carbonyl (C=O) groups is 1. The van der Waals surface area contributed by atoms with Gasteiger partial charge in [0.05, 0.1) is 11.4 Å². The Kier molecular flexibility index (Phi) is 3.82. The fraction of sp³-hybridized carbons (Fsp3) is 0.176. The van der Waals surface area contributed by atoms with E-state index in [1.165, 1.54) is 47.4 Å². The first-order valence-corrected chi connectivity index (χ1v) is 7.11. The lowest BCUT2D eigenvalue weighted by atomic mass is 9.93. The van der Waals surface area contributed by atoms with E-state index in [-0.39, 0.29) is 11.9 Å². The number of benzene rings is 2. The van der Waals surface area contributed by atoms with E-state index >= 15 is 0 Å². The molecule has 0 radical (unpaired) electrons. The second-order valence-corrected chi connectivity index (χ2v) is 5.44. The van der Waals surface area contributed by atoms with Crippen molar-refractivity contribution in [3.8, 4) is 0 Å². The van der Waals surface area contributed by atoms with Crippen molar-refractivity contribution in [1.82, 2.24) is 0 Å². The molecule has 1 aliphatic heterocycles. The van der Waals surface area contributed by atoms with Gasteiger partial charge < -0.3 is 10.1 Å². The van der Waals surface area contributed by atoms with Crippen LogP contribution in [0.2, 0.25) is 0 Å². The molecule has 118 valence electrons. The van der Waals surface area contributed by atoms with Gasteiger partial charge in [-0.3, -0.25) is 4.79 Å². The Hall–Kier alpha value is -2.76. The van der Waals surface area contributed by atoms with Gasteiger partial charge in [-0.1, -0.05) is 5.16 Å². The molecule has 1 N–H and O–H groups in total. The molecule has 2 aromatic rings. The quantitative estimate of drug-likeness (QED) is 0.646. The molecule has 2 aromatic carbocycles. The van der Waals surface area contributed by atoms with Crippen LogP contribution in [0.4, 0.5) is 14.5 Å². The first kappa shape index (κ1) is 15.1. The number of nitrogens with zero attached hydrogens (tertiary/aromatic N) is 2. The molecule has 1 heterocycles. The summed E-state index contributed by atoms with van der Waals surface area (Å²) in [5, 5.41) is 12.4. The molecule has 23 heavy (non-hydrogen) atoms. The topological polar surface area (TPSA) is 52.9 Å². The van der Waals surface area contributed by atoms with Crippen LogP contribution in [0, 0.1) is 11.6 Å². The average molecular weight is 316 g/mol. The molecule has 0 spiro atoms. The fourth-order valence-electron chi connectivity index (χ4n) is 2.80. The molecule has 0 saturated carbocycles. The Morgan fingerprint density at radius 1 is 1.17 bits per heavy atom. The Bertz CT molecular complexity index is 788. The van der Waals surface area contributed by atoms with Gasteiger partial charge >= 0.3 is 0 Å².